The Bertz CT molecular complexity index is 385. The Hall–Kier alpha value is -0.940. The van der Waals surface area contributed by atoms with E-state index in [2.05, 4.69) is 17.2 Å². The minimum Gasteiger partial charge on any atom is -0.343 e. The first-order chi connectivity index (χ1) is 8.79. The molecule has 1 fully saturated rings. The molecule has 0 spiro atoms. The van der Waals surface area contributed by atoms with Gasteiger partial charge in [0.25, 0.3) is 0 Å². The Labute approximate surface area is 112 Å². The Kier molecular flexibility index (Phi) is 5.13. The highest BCUT2D eigenvalue weighted by molar-refractivity contribution is 7.11. The van der Waals surface area contributed by atoms with Crippen LogP contribution in [0.1, 0.15) is 36.1 Å². The molecule has 1 saturated heterocycles. The first-order valence-electron chi connectivity index (χ1n) is 6.71. The topological polar surface area (TPSA) is 45.2 Å². The lowest BCUT2D eigenvalue weighted by molar-refractivity contribution is -0.130. The van der Waals surface area contributed by atoms with E-state index < -0.39 is 0 Å². The zero-order chi connectivity index (χ0) is 12.8. The zero-order valence-electron chi connectivity index (χ0n) is 10.9. The molecule has 18 heavy (non-hydrogen) atoms. The summed E-state index contributed by atoms with van der Waals surface area (Å²) in [6.07, 6.45) is 5.87. The third-order valence-electron chi connectivity index (χ3n) is 3.18. The minimum atomic E-state index is 0.290. The average molecular weight is 267 g/mol. The molecule has 1 N–H and O–H groups in total. The van der Waals surface area contributed by atoms with Gasteiger partial charge in [0.2, 0.25) is 5.91 Å². The van der Waals surface area contributed by atoms with Gasteiger partial charge in [-0.05, 0) is 19.3 Å². The zero-order valence-corrected chi connectivity index (χ0v) is 11.8. The fourth-order valence-electron chi connectivity index (χ4n) is 2.12. The maximum Gasteiger partial charge on any atom is 0.223 e. The van der Waals surface area contributed by atoms with Crippen molar-refractivity contribution in [3.05, 3.63) is 16.1 Å². The number of likely N-dealkylation sites (tertiary alicyclic amines) is 1. The second-order valence-corrected chi connectivity index (χ2v) is 5.79. The Morgan fingerprint density at radius 1 is 1.50 bits per heavy atom. The van der Waals surface area contributed by atoms with Gasteiger partial charge >= 0.3 is 0 Å². The number of amides is 1. The van der Waals surface area contributed by atoms with Gasteiger partial charge < -0.3 is 10.2 Å². The molecule has 1 aliphatic heterocycles. The Morgan fingerprint density at radius 3 is 2.94 bits per heavy atom. The van der Waals surface area contributed by atoms with Crippen LogP contribution in [0.25, 0.3) is 0 Å². The second kappa shape index (κ2) is 6.85. The van der Waals surface area contributed by atoms with E-state index in [1.54, 1.807) is 11.3 Å². The fourth-order valence-corrected chi connectivity index (χ4v) is 2.96. The molecule has 0 aromatic carbocycles. The van der Waals surface area contributed by atoms with Gasteiger partial charge in [0, 0.05) is 43.7 Å². The molecule has 1 amide bonds. The number of rotatable bonds is 6. The molecule has 100 valence electrons. The average Bonchev–Trinajstić information content (AvgIpc) is 3.05. The van der Waals surface area contributed by atoms with Gasteiger partial charge in [-0.15, -0.1) is 11.3 Å². The number of nitrogens with zero attached hydrogens (tertiary/aromatic N) is 2. The van der Waals surface area contributed by atoms with Crippen LogP contribution >= 0.6 is 11.3 Å². The summed E-state index contributed by atoms with van der Waals surface area (Å²) in [5.74, 6) is 0.290. The van der Waals surface area contributed by atoms with Crippen molar-refractivity contribution >= 4 is 17.2 Å². The molecule has 2 heterocycles. The van der Waals surface area contributed by atoms with E-state index in [0.29, 0.717) is 12.3 Å². The maximum absolute atomic E-state index is 11.8. The van der Waals surface area contributed by atoms with E-state index >= 15 is 0 Å². The van der Waals surface area contributed by atoms with Gasteiger partial charge in [0.1, 0.15) is 0 Å². The van der Waals surface area contributed by atoms with E-state index in [1.807, 2.05) is 11.1 Å². The third kappa shape index (κ3) is 3.78. The van der Waals surface area contributed by atoms with Gasteiger partial charge in [0.05, 0.1) is 5.01 Å². The number of hydrogen-bond acceptors (Lipinski definition) is 4. The number of carbonyl (C=O) groups is 1. The van der Waals surface area contributed by atoms with E-state index in [1.165, 1.54) is 22.7 Å². The van der Waals surface area contributed by atoms with Crippen LogP contribution in [-0.4, -0.2) is 35.4 Å². The van der Waals surface area contributed by atoms with Crippen LogP contribution in [-0.2, 0) is 17.8 Å². The quantitative estimate of drug-likeness (QED) is 0.800. The number of nitrogens with one attached hydrogen (secondary N) is 1. The molecule has 0 radical (unpaired) electrons. The molecule has 1 aromatic heterocycles. The van der Waals surface area contributed by atoms with Gasteiger partial charge in [-0.2, -0.15) is 0 Å². The van der Waals surface area contributed by atoms with Gasteiger partial charge in [-0.3, -0.25) is 4.79 Å². The molecule has 1 aromatic rings. The standard InChI is InChI=1S/C13H21N3OS/c1-2-12-15-10-11(18-12)9-14-6-5-13(17)16-7-3-4-8-16/h10,14H,2-9H2,1H3. The van der Waals surface area contributed by atoms with Crippen LogP contribution in [0.15, 0.2) is 6.20 Å². The summed E-state index contributed by atoms with van der Waals surface area (Å²) in [6.45, 7) is 5.60. The summed E-state index contributed by atoms with van der Waals surface area (Å²) in [5, 5.41) is 4.50. The van der Waals surface area contributed by atoms with Crippen LogP contribution in [0.3, 0.4) is 0 Å². The highest BCUT2D eigenvalue weighted by Crippen LogP contribution is 2.13. The summed E-state index contributed by atoms with van der Waals surface area (Å²) in [4.78, 5) is 19.3. The summed E-state index contributed by atoms with van der Waals surface area (Å²) in [7, 11) is 0. The number of carbonyl (C=O) groups excluding carboxylic acids is 1. The molecule has 0 bridgehead atoms. The number of hydrogen-bond donors (Lipinski definition) is 1. The van der Waals surface area contributed by atoms with Crippen LogP contribution < -0.4 is 5.32 Å². The van der Waals surface area contributed by atoms with Crippen molar-refractivity contribution in [2.75, 3.05) is 19.6 Å². The first-order valence-corrected chi connectivity index (χ1v) is 7.53. The Morgan fingerprint density at radius 2 is 2.28 bits per heavy atom. The highest BCUT2D eigenvalue weighted by atomic mass is 32.1. The van der Waals surface area contributed by atoms with Crippen LogP contribution in [0.5, 0.6) is 0 Å². The summed E-state index contributed by atoms with van der Waals surface area (Å²) >= 11 is 1.75. The smallest absolute Gasteiger partial charge is 0.223 e. The molecular formula is C13H21N3OS. The van der Waals surface area contributed by atoms with Crippen molar-refractivity contribution < 1.29 is 4.79 Å². The van der Waals surface area contributed by atoms with Crippen LogP contribution in [0, 0.1) is 0 Å². The van der Waals surface area contributed by atoms with Crippen molar-refractivity contribution in [3.8, 4) is 0 Å². The summed E-state index contributed by atoms with van der Waals surface area (Å²) in [5.41, 5.74) is 0. The summed E-state index contributed by atoms with van der Waals surface area (Å²) in [6, 6.07) is 0. The molecule has 0 atom stereocenters. The first kappa shape index (κ1) is 13.5. The molecule has 5 heteroatoms. The lowest BCUT2D eigenvalue weighted by Gasteiger charge is -2.14. The SMILES string of the molecule is CCc1ncc(CNCCC(=O)N2CCCC2)s1. The Balaban J connectivity index is 1.62. The fraction of sp³-hybridized carbons (Fsp3) is 0.692. The highest BCUT2D eigenvalue weighted by Gasteiger charge is 2.16. The minimum absolute atomic E-state index is 0.290. The van der Waals surface area contributed by atoms with E-state index in [9.17, 15) is 4.79 Å². The molecular weight excluding hydrogens is 246 g/mol. The third-order valence-corrected chi connectivity index (χ3v) is 4.32. The van der Waals surface area contributed by atoms with Gasteiger partial charge in [-0.1, -0.05) is 6.92 Å². The predicted molar refractivity (Wildman–Crippen MR) is 73.6 cm³/mol. The van der Waals surface area contributed by atoms with Crippen molar-refractivity contribution in [3.63, 3.8) is 0 Å². The van der Waals surface area contributed by atoms with Gasteiger partial charge in [0.15, 0.2) is 0 Å². The van der Waals surface area contributed by atoms with Crippen LogP contribution in [0.4, 0.5) is 0 Å². The molecule has 0 unspecified atom stereocenters. The lowest BCUT2D eigenvalue weighted by atomic mass is 10.3. The number of aromatic nitrogens is 1. The largest absolute Gasteiger partial charge is 0.343 e. The number of thiazole rings is 1. The van der Waals surface area contributed by atoms with Crippen molar-refractivity contribution in [1.82, 2.24) is 15.2 Å². The van der Waals surface area contributed by atoms with Crippen molar-refractivity contribution in [2.45, 2.75) is 39.2 Å². The van der Waals surface area contributed by atoms with E-state index in [4.69, 9.17) is 0 Å². The molecule has 2 rings (SSSR count). The van der Waals surface area contributed by atoms with Crippen LogP contribution in [0.2, 0.25) is 0 Å². The lowest BCUT2D eigenvalue weighted by Crippen LogP contribution is -2.30. The molecule has 0 aliphatic carbocycles. The van der Waals surface area contributed by atoms with Crippen molar-refractivity contribution in [2.24, 2.45) is 0 Å². The van der Waals surface area contributed by atoms with E-state index in [-0.39, 0.29) is 0 Å². The summed E-state index contributed by atoms with van der Waals surface area (Å²) < 4.78 is 0. The van der Waals surface area contributed by atoms with Crippen molar-refractivity contribution in [1.29, 1.82) is 0 Å². The van der Waals surface area contributed by atoms with E-state index in [0.717, 1.165) is 32.6 Å². The van der Waals surface area contributed by atoms with Gasteiger partial charge in [-0.25, -0.2) is 4.98 Å². The number of aryl methyl sites for hydroxylation is 1. The monoisotopic (exact) mass is 267 g/mol. The maximum atomic E-state index is 11.8. The molecule has 4 nitrogen and oxygen atoms in total. The molecule has 1 aliphatic rings. The molecule has 0 saturated carbocycles. The normalized spacial score (nSPS) is 15.3. The second-order valence-electron chi connectivity index (χ2n) is 4.59. The predicted octanol–water partition coefficient (Wildman–Crippen LogP) is 1.81.